The Labute approximate surface area is 110 Å². The molecular formula is C13H15N3O3. The second-order valence-electron chi connectivity index (χ2n) is 4.06. The van der Waals surface area contributed by atoms with Crippen molar-refractivity contribution in [3.05, 3.63) is 42.0 Å². The third kappa shape index (κ3) is 3.80. The molecule has 100 valence electrons. The van der Waals surface area contributed by atoms with Gasteiger partial charge in [-0.1, -0.05) is 18.2 Å². The van der Waals surface area contributed by atoms with Crippen molar-refractivity contribution in [2.75, 3.05) is 0 Å². The van der Waals surface area contributed by atoms with Gasteiger partial charge in [-0.2, -0.15) is 5.10 Å². The molecule has 1 N–H and O–H groups in total. The molecule has 1 aromatic carbocycles. The molecule has 1 aromatic heterocycles. The van der Waals surface area contributed by atoms with E-state index < -0.39 is 5.97 Å². The first-order valence-corrected chi connectivity index (χ1v) is 5.93. The van der Waals surface area contributed by atoms with Crippen molar-refractivity contribution < 1.29 is 14.6 Å². The number of ether oxygens (including phenoxy) is 1. The monoisotopic (exact) mass is 261 g/mol. The third-order valence-electron chi connectivity index (χ3n) is 2.57. The number of carbonyl (C=O) groups is 1. The molecule has 0 atom stereocenters. The highest BCUT2D eigenvalue weighted by Gasteiger charge is 2.09. The van der Waals surface area contributed by atoms with Crippen LogP contribution in [0, 0.1) is 0 Å². The second kappa shape index (κ2) is 5.99. The van der Waals surface area contributed by atoms with Gasteiger partial charge in [0.05, 0.1) is 6.42 Å². The molecule has 6 heteroatoms. The highest BCUT2D eigenvalue weighted by Crippen LogP contribution is 2.10. The molecule has 0 unspecified atom stereocenters. The average molecular weight is 261 g/mol. The van der Waals surface area contributed by atoms with Crippen molar-refractivity contribution in [2.24, 2.45) is 7.05 Å². The van der Waals surface area contributed by atoms with E-state index in [-0.39, 0.29) is 13.0 Å². The van der Waals surface area contributed by atoms with Gasteiger partial charge in [-0.25, -0.2) is 4.98 Å². The van der Waals surface area contributed by atoms with E-state index in [9.17, 15) is 4.79 Å². The fourth-order valence-electron chi connectivity index (χ4n) is 1.64. The summed E-state index contributed by atoms with van der Waals surface area (Å²) < 4.78 is 7.12. The molecule has 6 nitrogen and oxygen atoms in total. The Hall–Kier alpha value is -2.37. The first-order chi connectivity index (χ1) is 9.15. The number of hydrogen-bond donors (Lipinski definition) is 1. The SMILES string of the molecule is Cn1nc(COc2ccccc2)nc1CCC(=O)O. The van der Waals surface area contributed by atoms with Gasteiger partial charge in [0.15, 0.2) is 5.82 Å². The van der Waals surface area contributed by atoms with Crippen molar-refractivity contribution >= 4 is 5.97 Å². The molecule has 0 bridgehead atoms. The minimum Gasteiger partial charge on any atom is -0.486 e. The van der Waals surface area contributed by atoms with E-state index in [0.717, 1.165) is 5.75 Å². The van der Waals surface area contributed by atoms with Gasteiger partial charge in [0, 0.05) is 13.5 Å². The normalized spacial score (nSPS) is 10.4. The van der Waals surface area contributed by atoms with Gasteiger partial charge in [0.2, 0.25) is 0 Å². The Morgan fingerprint density at radius 2 is 2.11 bits per heavy atom. The summed E-state index contributed by atoms with van der Waals surface area (Å²) in [4.78, 5) is 14.8. The molecule has 0 amide bonds. The Morgan fingerprint density at radius 3 is 2.79 bits per heavy atom. The lowest BCUT2D eigenvalue weighted by Crippen LogP contribution is -2.03. The number of para-hydroxylation sites is 1. The Balaban J connectivity index is 1.94. The predicted octanol–water partition coefficient (Wildman–Crippen LogP) is 1.41. The topological polar surface area (TPSA) is 77.2 Å². The van der Waals surface area contributed by atoms with Crippen LogP contribution in [0.2, 0.25) is 0 Å². The lowest BCUT2D eigenvalue weighted by Gasteiger charge is -2.01. The van der Waals surface area contributed by atoms with Crippen LogP contribution >= 0.6 is 0 Å². The molecule has 0 saturated carbocycles. The van der Waals surface area contributed by atoms with Crippen molar-refractivity contribution in [3.8, 4) is 5.75 Å². The second-order valence-corrected chi connectivity index (χ2v) is 4.06. The summed E-state index contributed by atoms with van der Waals surface area (Å²) in [6.45, 7) is 0.269. The van der Waals surface area contributed by atoms with Crippen molar-refractivity contribution in [2.45, 2.75) is 19.4 Å². The van der Waals surface area contributed by atoms with Crippen molar-refractivity contribution in [3.63, 3.8) is 0 Å². The number of carboxylic acid groups (broad SMARTS) is 1. The number of nitrogens with zero attached hydrogens (tertiary/aromatic N) is 3. The predicted molar refractivity (Wildman–Crippen MR) is 67.7 cm³/mol. The van der Waals surface area contributed by atoms with E-state index in [0.29, 0.717) is 18.1 Å². The van der Waals surface area contributed by atoms with Crippen LogP contribution in [0.3, 0.4) is 0 Å². The summed E-state index contributed by atoms with van der Waals surface area (Å²) in [5, 5.41) is 12.8. The molecular weight excluding hydrogens is 246 g/mol. The van der Waals surface area contributed by atoms with E-state index >= 15 is 0 Å². The zero-order valence-electron chi connectivity index (χ0n) is 10.6. The molecule has 0 aliphatic rings. The molecule has 0 aliphatic heterocycles. The maximum Gasteiger partial charge on any atom is 0.303 e. The number of benzene rings is 1. The first-order valence-electron chi connectivity index (χ1n) is 5.93. The highest BCUT2D eigenvalue weighted by molar-refractivity contribution is 5.66. The number of aryl methyl sites for hydroxylation is 2. The number of carboxylic acids is 1. The average Bonchev–Trinajstić information content (AvgIpc) is 2.76. The molecule has 0 radical (unpaired) electrons. The van der Waals surface area contributed by atoms with E-state index in [2.05, 4.69) is 10.1 Å². The summed E-state index contributed by atoms with van der Waals surface area (Å²) in [5.74, 6) is 1.10. The third-order valence-corrected chi connectivity index (χ3v) is 2.57. The molecule has 0 fully saturated rings. The summed E-state index contributed by atoms with van der Waals surface area (Å²) >= 11 is 0. The summed E-state index contributed by atoms with van der Waals surface area (Å²) in [6.07, 6.45) is 0.412. The zero-order chi connectivity index (χ0) is 13.7. The summed E-state index contributed by atoms with van der Waals surface area (Å²) in [7, 11) is 1.75. The zero-order valence-corrected chi connectivity index (χ0v) is 10.6. The largest absolute Gasteiger partial charge is 0.486 e. The van der Waals surface area contributed by atoms with Gasteiger partial charge >= 0.3 is 5.97 Å². The van der Waals surface area contributed by atoms with Crippen LogP contribution in [-0.2, 0) is 24.9 Å². The molecule has 1 heterocycles. The van der Waals surface area contributed by atoms with Crippen molar-refractivity contribution in [1.29, 1.82) is 0 Å². The maximum absolute atomic E-state index is 10.5. The standard InChI is InChI=1S/C13H15N3O3/c1-16-12(7-8-13(17)18)14-11(15-16)9-19-10-5-3-2-4-6-10/h2-6H,7-9H2,1H3,(H,17,18). The number of aromatic nitrogens is 3. The van der Waals surface area contributed by atoms with Crippen LogP contribution in [0.25, 0.3) is 0 Å². The maximum atomic E-state index is 10.5. The Morgan fingerprint density at radius 1 is 1.37 bits per heavy atom. The number of rotatable bonds is 6. The van der Waals surface area contributed by atoms with E-state index in [1.807, 2.05) is 30.3 Å². The van der Waals surface area contributed by atoms with Gasteiger partial charge in [0.1, 0.15) is 18.2 Å². The molecule has 19 heavy (non-hydrogen) atoms. The molecule has 2 rings (SSSR count). The van der Waals surface area contributed by atoms with Crippen LogP contribution in [0.15, 0.2) is 30.3 Å². The molecule has 2 aromatic rings. The minimum atomic E-state index is -0.843. The fraction of sp³-hybridized carbons (Fsp3) is 0.308. The van der Waals surface area contributed by atoms with Crippen molar-refractivity contribution in [1.82, 2.24) is 14.8 Å². The van der Waals surface area contributed by atoms with Crippen LogP contribution in [0.5, 0.6) is 5.75 Å². The van der Waals surface area contributed by atoms with Crippen LogP contribution in [-0.4, -0.2) is 25.8 Å². The van der Waals surface area contributed by atoms with E-state index in [4.69, 9.17) is 9.84 Å². The van der Waals surface area contributed by atoms with Crippen LogP contribution < -0.4 is 4.74 Å². The lowest BCUT2D eigenvalue weighted by atomic mass is 10.3. The molecule has 0 aliphatic carbocycles. The van der Waals surface area contributed by atoms with Gasteiger partial charge in [-0.05, 0) is 12.1 Å². The summed E-state index contributed by atoms with van der Waals surface area (Å²) in [5.41, 5.74) is 0. The van der Waals surface area contributed by atoms with Crippen LogP contribution in [0.4, 0.5) is 0 Å². The summed E-state index contributed by atoms with van der Waals surface area (Å²) in [6, 6.07) is 9.40. The quantitative estimate of drug-likeness (QED) is 0.850. The Kier molecular flexibility index (Phi) is 4.12. The first kappa shape index (κ1) is 13.1. The molecule has 0 spiro atoms. The number of hydrogen-bond acceptors (Lipinski definition) is 4. The molecule has 0 saturated heterocycles. The Bertz CT molecular complexity index is 552. The number of aliphatic carboxylic acids is 1. The fourth-order valence-corrected chi connectivity index (χ4v) is 1.64. The highest BCUT2D eigenvalue weighted by atomic mass is 16.5. The van der Waals surface area contributed by atoms with E-state index in [1.165, 1.54) is 0 Å². The van der Waals surface area contributed by atoms with Crippen LogP contribution in [0.1, 0.15) is 18.1 Å². The van der Waals surface area contributed by atoms with Gasteiger partial charge in [-0.3, -0.25) is 9.48 Å². The van der Waals surface area contributed by atoms with Gasteiger partial charge in [0.25, 0.3) is 0 Å². The smallest absolute Gasteiger partial charge is 0.303 e. The van der Waals surface area contributed by atoms with Gasteiger partial charge < -0.3 is 9.84 Å². The van der Waals surface area contributed by atoms with Gasteiger partial charge in [-0.15, -0.1) is 0 Å². The lowest BCUT2D eigenvalue weighted by molar-refractivity contribution is -0.137. The van der Waals surface area contributed by atoms with E-state index in [1.54, 1.807) is 11.7 Å². The minimum absolute atomic E-state index is 0.0471.